The van der Waals surface area contributed by atoms with Gasteiger partial charge in [-0.25, -0.2) is 0 Å². The SMILES string of the molecule is CCCCC/C=C\C/C=C\CCCCCCCC[C@H](O)[C@@H](N)CC. The molecule has 0 unspecified atom stereocenters. The second-order valence-electron chi connectivity index (χ2n) is 7.01. The van der Waals surface area contributed by atoms with Crippen LogP contribution in [-0.4, -0.2) is 17.3 Å². The van der Waals surface area contributed by atoms with Crippen molar-refractivity contribution in [3.8, 4) is 0 Å². The highest BCUT2D eigenvalue weighted by Crippen LogP contribution is 2.12. The van der Waals surface area contributed by atoms with E-state index in [0.717, 1.165) is 25.7 Å². The number of nitrogens with two attached hydrogens (primary N) is 1. The van der Waals surface area contributed by atoms with Crippen molar-refractivity contribution in [2.75, 3.05) is 0 Å². The molecule has 0 spiro atoms. The van der Waals surface area contributed by atoms with Crippen molar-refractivity contribution in [1.29, 1.82) is 0 Å². The molecule has 0 saturated carbocycles. The molecule has 0 bridgehead atoms. The van der Waals surface area contributed by atoms with Gasteiger partial charge in [0.25, 0.3) is 0 Å². The first kappa shape index (κ1) is 23.4. The Morgan fingerprint density at radius 3 is 1.88 bits per heavy atom. The summed E-state index contributed by atoms with van der Waals surface area (Å²) in [7, 11) is 0. The quantitative estimate of drug-likeness (QED) is 0.242. The molecule has 2 atom stereocenters. The van der Waals surface area contributed by atoms with Crippen molar-refractivity contribution in [2.24, 2.45) is 5.73 Å². The van der Waals surface area contributed by atoms with E-state index in [9.17, 15) is 5.11 Å². The Hall–Kier alpha value is -0.600. The van der Waals surface area contributed by atoms with E-state index in [-0.39, 0.29) is 12.1 Å². The van der Waals surface area contributed by atoms with Gasteiger partial charge in [0, 0.05) is 6.04 Å². The van der Waals surface area contributed by atoms with Crippen LogP contribution in [0.1, 0.15) is 104 Å². The van der Waals surface area contributed by atoms with Crippen LogP contribution in [0.2, 0.25) is 0 Å². The van der Waals surface area contributed by atoms with Gasteiger partial charge in [0.05, 0.1) is 6.10 Å². The summed E-state index contributed by atoms with van der Waals surface area (Å²) >= 11 is 0. The Balaban J connectivity index is 3.26. The van der Waals surface area contributed by atoms with Gasteiger partial charge in [0.15, 0.2) is 0 Å². The van der Waals surface area contributed by atoms with Gasteiger partial charge >= 0.3 is 0 Å². The van der Waals surface area contributed by atoms with Crippen LogP contribution in [0.3, 0.4) is 0 Å². The average Bonchev–Trinajstić information content (AvgIpc) is 2.60. The number of aliphatic hydroxyl groups is 1. The zero-order chi connectivity index (χ0) is 17.9. The molecule has 2 heteroatoms. The molecule has 0 heterocycles. The van der Waals surface area contributed by atoms with Crippen LogP contribution in [0.5, 0.6) is 0 Å². The van der Waals surface area contributed by atoms with Gasteiger partial charge in [-0.15, -0.1) is 0 Å². The highest BCUT2D eigenvalue weighted by atomic mass is 16.3. The fourth-order valence-corrected chi connectivity index (χ4v) is 2.83. The molecule has 0 saturated heterocycles. The van der Waals surface area contributed by atoms with Crippen molar-refractivity contribution < 1.29 is 5.11 Å². The maximum Gasteiger partial charge on any atom is 0.0691 e. The van der Waals surface area contributed by atoms with Crippen LogP contribution in [0, 0.1) is 0 Å². The lowest BCUT2D eigenvalue weighted by atomic mass is 10.0. The molecular formula is C22H43NO. The Morgan fingerprint density at radius 1 is 0.750 bits per heavy atom. The van der Waals surface area contributed by atoms with Crippen molar-refractivity contribution >= 4 is 0 Å². The Kier molecular flexibility index (Phi) is 18.3. The molecule has 0 aromatic carbocycles. The summed E-state index contributed by atoms with van der Waals surface area (Å²) in [5.41, 5.74) is 5.82. The molecule has 0 aliphatic carbocycles. The number of aliphatic hydroxyl groups excluding tert-OH is 1. The summed E-state index contributed by atoms with van der Waals surface area (Å²) < 4.78 is 0. The predicted molar refractivity (Wildman–Crippen MR) is 108 cm³/mol. The van der Waals surface area contributed by atoms with Gasteiger partial charge in [-0.2, -0.15) is 0 Å². The second-order valence-corrected chi connectivity index (χ2v) is 7.01. The molecule has 3 N–H and O–H groups in total. The first-order chi connectivity index (χ1) is 11.7. The van der Waals surface area contributed by atoms with E-state index in [2.05, 4.69) is 31.2 Å². The Bertz CT molecular complexity index is 298. The number of hydrogen-bond donors (Lipinski definition) is 2. The van der Waals surface area contributed by atoms with E-state index in [4.69, 9.17) is 5.73 Å². The number of allylic oxidation sites excluding steroid dienone is 4. The van der Waals surface area contributed by atoms with Gasteiger partial charge in [-0.3, -0.25) is 0 Å². The zero-order valence-corrected chi connectivity index (χ0v) is 16.4. The van der Waals surface area contributed by atoms with Crippen LogP contribution in [0.4, 0.5) is 0 Å². The highest BCUT2D eigenvalue weighted by Gasteiger charge is 2.11. The molecule has 0 aromatic rings. The zero-order valence-electron chi connectivity index (χ0n) is 16.4. The van der Waals surface area contributed by atoms with E-state index in [1.807, 2.05) is 6.92 Å². The van der Waals surface area contributed by atoms with Gasteiger partial charge < -0.3 is 10.8 Å². The van der Waals surface area contributed by atoms with Crippen LogP contribution in [-0.2, 0) is 0 Å². The summed E-state index contributed by atoms with van der Waals surface area (Å²) in [6, 6.07) is -0.0389. The van der Waals surface area contributed by atoms with Gasteiger partial charge in [0.2, 0.25) is 0 Å². The van der Waals surface area contributed by atoms with E-state index in [1.165, 1.54) is 64.2 Å². The lowest BCUT2D eigenvalue weighted by molar-refractivity contribution is 0.129. The minimum absolute atomic E-state index is 0.0389. The predicted octanol–water partition coefficient (Wildman–Crippen LogP) is 6.29. The summed E-state index contributed by atoms with van der Waals surface area (Å²) in [4.78, 5) is 0. The molecule has 0 radical (unpaired) electrons. The largest absolute Gasteiger partial charge is 0.392 e. The third-order valence-corrected chi connectivity index (χ3v) is 4.67. The molecule has 0 aliphatic heterocycles. The molecule has 0 fully saturated rings. The van der Waals surface area contributed by atoms with Crippen LogP contribution < -0.4 is 5.73 Å². The summed E-state index contributed by atoms with van der Waals surface area (Å²) in [5.74, 6) is 0. The minimum Gasteiger partial charge on any atom is -0.392 e. The second kappa shape index (κ2) is 18.7. The van der Waals surface area contributed by atoms with Crippen molar-refractivity contribution in [3.63, 3.8) is 0 Å². The maximum absolute atomic E-state index is 9.80. The van der Waals surface area contributed by atoms with Crippen molar-refractivity contribution in [3.05, 3.63) is 24.3 Å². The number of unbranched alkanes of at least 4 members (excludes halogenated alkanes) is 9. The number of rotatable bonds is 17. The summed E-state index contributed by atoms with van der Waals surface area (Å²) in [6.07, 6.45) is 25.8. The molecule has 0 amide bonds. The third-order valence-electron chi connectivity index (χ3n) is 4.67. The van der Waals surface area contributed by atoms with E-state index in [1.54, 1.807) is 0 Å². The summed E-state index contributed by atoms with van der Waals surface area (Å²) in [5, 5.41) is 9.80. The average molecular weight is 338 g/mol. The van der Waals surface area contributed by atoms with Gasteiger partial charge in [0.1, 0.15) is 0 Å². The summed E-state index contributed by atoms with van der Waals surface area (Å²) in [6.45, 7) is 4.28. The van der Waals surface area contributed by atoms with E-state index in [0.29, 0.717) is 0 Å². The first-order valence-electron chi connectivity index (χ1n) is 10.5. The normalized spacial score (nSPS) is 14.7. The maximum atomic E-state index is 9.80. The molecule has 0 aromatic heterocycles. The molecule has 24 heavy (non-hydrogen) atoms. The van der Waals surface area contributed by atoms with Crippen LogP contribution >= 0.6 is 0 Å². The van der Waals surface area contributed by atoms with E-state index < -0.39 is 0 Å². The lowest BCUT2D eigenvalue weighted by Gasteiger charge is -2.16. The fraction of sp³-hybridized carbons (Fsp3) is 0.818. The van der Waals surface area contributed by atoms with E-state index >= 15 is 0 Å². The minimum atomic E-state index is -0.305. The van der Waals surface area contributed by atoms with Gasteiger partial charge in [-0.1, -0.05) is 83.1 Å². The van der Waals surface area contributed by atoms with Crippen LogP contribution in [0.25, 0.3) is 0 Å². The Labute approximate surface area is 151 Å². The topological polar surface area (TPSA) is 46.2 Å². The molecule has 2 nitrogen and oxygen atoms in total. The Morgan fingerprint density at radius 2 is 1.29 bits per heavy atom. The van der Waals surface area contributed by atoms with Crippen molar-refractivity contribution in [2.45, 2.75) is 116 Å². The monoisotopic (exact) mass is 337 g/mol. The number of hydrogen-bond acceptors (Lipinski definition) is 2. The lowest BCUT2D eigenvalue weighted by Crippen LogP contribution is -2.33. The smallest absolute Gasteiger partial charge is 0.0691 e. The standard InChI is InChI=1S/C22H43NO/c1-3-5-6-7-8-9-10-11-12-13-14-15-16-17-18-19-20-22(24)21(23)4-2/h8-9,11-12,21-22,24H,3-7,10,13-20,23H2,1-2H3/b9-8-,12-11-/t21-,22-/m0/s1. The van der Waals surface area contributed by atoms with Gasteiger partial charge in [-0.05, 0) is 44.9 Å². The molecule has 142 valence electrons. The molecule has 0 rings (SSSR count). The molecule has 0 aliphatic rings. The van der Waals surface area contributed by atoms with Crippen LogP contribution in [0.15, 0.2) is 24.3 Å². The third kappa shape index (κ3) is 16.3. The molecular weight excluding hydrogens is 294 g/mol. The first-order valence-corrected chi connectivity index (χ1v) is 10.5. The fourth-order valence-electron chi connectivity index (χ4n) is 2.83. The van der Waals surface area contributed by atoms with Crippen molar-refractivity contribution in [1.82, 2.24) is 0 Å². The highest BCUT2D eigenvalue weighted by molar-refractivity contribution is 4.92.